The van der Waals surface area contributed by atoms with Crippen LogP contribution in [0.15, 0.2) is 0 Å². The lowest BCUT2D eigenvalue weighted by molar-refractivity contribution is 0.117. The lowest BCUT2D eigenvalue weighted by atomic mass is 9.89. The van der Waals surface area contributed by atoms with Gasteiger partial charge < -0.3 is 10.2 Å². The molecule has 3 atom stereocenters. The first kappa shape index (κ1) is 16.0. The average Bonchev–Trinajstić information content (AvgIpc) is 2.43. The van der Waals surface area contributed by atoms with Gasteiger partial charge in [-0.15, -0.1) is 0 Å². The Morgan fingerprint density at radius 2 is 2.06 bits per heavy atom. The zero-order valence-electron chi connectivity index (χ0n) is 13.0. The molecule has 1 fully saturated rings. The van der Waals surface area contributed by atoms with Crippen molar-refractivity contribution in [1.29, 1.82) is 0 Å². The maximum Gasteiger partial charge on any atom is 0.0117 e. The molecule has 1 aliphatic heterocycles. The molecule has 0 saturated carbocycles. The van der Waals surface area contributed by atoms with Crippen molar-refractivity contribution in [2.24, 2.45) is 11.8 Å². The molecule has 3 unspecified atom stereocenters. The van der Waals surface area contributed by atoms with Crippen molar-refractivity contribution < 1.29 is 0 Å². The molecule has 18 heavy (non-hydrogen) atoms. The predicted octanol–water partition coefficient (Wildman–Crippen LogP) is 3.52. The van der Waals surface area contributed by atoms with Crippen molar-refractivity contribution in [2.75, 3.05) is 26.7 Å². The van der Waals surface area contributed by atoms with E-state index in [9.17, 15) is 0 Å². The number of hydrogen-bond donors (Lipinski definition) is 1. The Kier molecular flexibility index (Phi) is 7.92. The van der Waals surface area contributed by atoms with Gasteiger partial charge in [0.1, 0.15) is 0 Å². The number of nitrogens with zero attached hydrogens (tertiary/aromatic N) is 1. The zero-order chi connectivity index (χ0) is 13.4. The SMILES string of the molecule is CCCCC(CC)CN1CCC(NC)C(CC)C1. The smallest absolute Gasteiger partial charge is 0.0117 e. The van der Waals surface area contributed by atoms with Crippen LogP contribution in [0.3, 0.4) is 0 Å². The number of nitrogens with one attached hydrogen (secondary N) is 1. The van der Waals surface area contributed by atoms with Gasteiger partial charge in [0, 0.05) is 19.1 Å². The monoisotopic (exact) mass is 254 g/mol. The number of piperidine rings is 1. The van der Waals surface area contributed by atoms with Gasteiger partial charge in [0.25, 0.3) is 0 Å². The van der Waals surface area contributed by atoms with Crippen LogP contribution in [-0.2, 0) is 0 Å². The number of rotatable bonds is 8. The highest BCUT2D eigenvalue weighted by Crippen LogP contribution is 2.22. The third-order valence-electron chi connectivity index (χ3n) is 4.77. The third-order valence-corrected chi connectivity index (χ3v) is 4.77. The van der Waals surface area contributed by atoms with Gasteiger partial charge in [0.15, 0.2) is 0 Å². The summed E-state index contributed by atoms with van der Waals surface area (Å²) in [6.07, 6.45) is 8.17. The Balaban J connectivity index is 2.38. The van der Waals surface area contributed by atoms with Crippen molar-refractivity contribution in [3.05, 3.63) is 0 Å². The summed E-state index contributed by atoms with van der Waals surface area (Å²) < 4.78 is 0. The second-order valence-electron chi connectivity index (χ2n) is 6.03. The third kappa shape index (κ3) is 4.89. The highest BCUT2D eigenvalue weighted by atomic mass is 15.1. The predicted molar refractivity (Wildman–Crippen MR) is 81.0 cm³/mol. The summed E-state index contributed by atoms with van der Waals surface area (Å²) in [6.45, 7) is 10.9. The van der Waals surface area contributed by atoms with E-state index in [1.54, 1.807) is 0 Å². The van der Waals surface area contributed by atoms with E-state index >= 15 is 0 Å². The summed E-state index contributed by atoms with van der Waals surface area (Å²) in [4.78, 5) is 2.73. The van der Waals surface area contributed by atoms with Crippen molar-refractivity contribution in [1.82, 2.24) is 10.2 Å². The normalized spacial score (nSPS) is 27.3. The molecule has 1 rings (SSSR count). The highest BCUT2D eigenvalue weighted by molar-refractivity contribution is 4.84. The Bertz CT molecular complexity index is 205. The van der Waals surface area contributed by atoms with Gasteiger partial charge in [0.05, 0.1) is 0 Å². The first-order valence-corrected chi connectivity index (χ1v) is 8.14. The van der Waals surface area contributed by atoms with E-state index < -0.39 is 0 Å². The minimum Gasteiger partial charge on any atom is -0.317 e. The van der Waals surface area contributed by atoms with Gasteiger partial charge in [-0.2, -0.15) is 0 Å². The minimum absolute atomic E-state index is 0.752. The molecular formula is C16H34N2. The Hall–Kier alpha value is -0.0800. The van der Waals surface area contributed by atoms with Crippen LogP contribution in [0.25, 0.3) is 0 Å². The summed E-state index contributed by atoms with van der Waals surface area (Å²) >= 11 is 0. The van der Waals surface area contributed by atoms with Crippen LogP contribution < -0.4 is 5.32 Å². The Labute approximate surface area is 115 Å². The fourth-order valence-electron chi connectivity index (χ4n) is 3.35. The van der Waals surface area contributed by atoms with Gasteiger partial charge in [-0.1, -0.05) is 46.5 Å². The van der Waals surface area contributed by atoms with E-state index in [-0.39, 0.29) is 0 Å². The molecule has 1 saturated heterocycles. The zero-order valence-corrected chi connectivity index (χ0v) is 13.0. The summed E-state index contributed by atoms with van der Waals surface area (Å²) in [5.41, 5.74) is 0. The Morgan fingerprint density at radius 3 is 2.61 bits per heavy atom. The first-order valence-electron chi connectivity index (χ1n) is 8.14. The second kappa shape index (κ2) is 8.92. The molecule has 0 radical (unpaired) electrons. The van der Waals surface area contributed by atoms with Crippen LogP contribution in [0, 0.1) is 11.8 Å². The van der Waals surface area contributed by atoms with E-state index in [1.165, 1.54) is 58.2 Å². The number of unbranched alkanes of at least 4 members (excludes halogenated alkanes) is 1. The molecule has 0 bridgehead atoms. The van der Waals surface area contributed by atoms with E-state index in [1.807, 2.05) is 0 Å². The standard InChI is InChI=1S/C16H34N2/c1-5-8-9-14(6-2)12-18-11-10-16(17-4)15(7-3)13-18/h14-17H,5-13H2,1-4H3. The van der Waals surface area contributed by atoms with Gasteiger partial charge in [-0.05, 0) is 38.3 Å². The molecule has 108 valence electrons. The van der Waals surface area contributed by atoms with Gasteiger partial charge in [-0.3, -0.25) is 0 Å². The van der Waals surface area contributed by atoms with Crippen LogP contribution in [0.4, 0.5) is 0 Å². The molecule has 0 spiro atoms. The summed E-state index contributed by atoms with van der Waals surface area (Å²) in [7, 11) is 2.12. The fourth-order valence-corrected chi connectivity index (χ4v) is 3.35. The fraction of sp³-hybridized carbons (Fsp3) is 1.00. The number of hydrogen-bond acceptors (Lipinski definition) is 2. The van der Waals surface area contributed by atoms with E-state index in [2.05, 4.69) is 38.0 Å². The molecule has 0 aliphatic carbocycles. The second-order valence-corrected chi connectivity index (χ2v) is 6.03. The summed E-state index contributed by atoms with van der Waals surface area (Å²) in [6, 6.07) is 0.752. The van der Waals surface area contributed by atoms with Crippen molar-refractivity contribution in [2.45, 2.75) is 65.3 Å². The molecule has 0 aromatic heterocycles. The first-order chi connectivity index (χ1) is 8.74. The van der Waals surface area contributed by atoms with Crippen LogP contribution in [0.1, 0.15) is 59.3 Å². The molecule has 0 aromatic rings. The topological polar surface area (TPSA) is 15.3 Å². The maximum absolute atomic E-state index is 3.50. The van der Waals surface area contributed by atoms with Gasteiger partial charge in [0.2, 0.25) is 0 Å². The van der Waals surface area contributed by atoms with Gasteiger partial charge in [-0.25, -0.2) is 0 Å². The summed E-state index contributed by atoms with van der Waals surface area (Å²) in [5, 5.41) is 3.50. The van der Waals surface area contributed by atoms with E-state index in [0.29, 0.717) is 0 Å². The quantitative estimate of drug-likeness (QED) is 0.713. The Morgan fingerprint density at radius 1 is 1.28 bits per heavy atom. The lowest BCUT2D eigenvalue weighted by Crippen LogP contribution is -2.49. The number of likely N-dealkylation sites (tertiary alicyclic amines) is 1. The minimum atomic E-state index is 0.752. The summed E-state index contributed by atoms with van der Waals surface area (Å²) in [5.74, 6) is 1.78. The molecule has 2 nitrogen and oxygen atoms in total. The van der Waals surface area contributed by atoms with E-state index in [0.717, 1.165) is 17.9 Å². The highest BCUT2D eigenvalue weighted by Gasteiger charge is 2.27. The van der Waals surface area contributed by atoms with Crippen LogP contribution in [0.2, 0.25) is 0 Å². The van der Waals surface area contributed by atoms with Crippen LogP contribution in [-0.4, -0.2) is 37.6 Å². The van der Waals surface area contributed by atoms with E-state index in [4.69, 9.17) is 0 Å². The van der Waals surface area contributed by atoms with Crippen molar-refractivity contribution >= 4 is 0 Å². The lowest BCUT2D eigenvalue weighted by Gasteiger charge is -2.39. The molecule has 1 heterocycles. The van der Waals surface area contributed by atoms with Crippen molar-refractivity contribution in [3.63, 3.8) is 0 Å². The molecule has 1 N–H and O–H groups in total. The molecule has 0 amide bonds. The van der Waals surface area contributed by atoms with Gasteiger partial charge >= 0.3 is 0 Å². The molecular weight excluding hydrogens is 220 g/mol. The van der Waals surface area contributed by atoms with Crippen LogP contribution >= 0.6 is 0 Å². The van der Waals surface area contributed by atoms with Crippen molar-refractivity contribution in [3.8, 4) is 0 Å². The maximum atomic E-state index is 3.50. The molecule has 0 aromatic carbocycles. The van der Waals surface area contributed by atoms with Crippen LogP contribution in [0.5, 0.6) is 0 Å². The average molecular weight is 254 g/mol. The largest absolute Gasteiger partial charge is 0.317 e. The molecule has 1 aliphatic rings. The molecule has 2 heteroatoms.